The number of sulfone groups is 1. The molecule has 2 rings (SSSR count). The molecule has 1 fully saturated rings. The maximum atomic E-state index is 11.6. The summed E-state index contributed by atoms with van der Waals surface area (Å²) in [4.78, 5) is 11.2. The fourth-order valence-electron chi connectivity index (χ4n) is 3.15. The second kappa shape index (κ2) is 6.36. The van der Waals surface area contributed by atoms with Gasteiger partial charge in [-0.05, 0) is 42.4 Å². The third kappa shape index (κ3) is 3.98. The SMILES string of the molecule is CS(=O)(=O)c1ccc([C@H](CC(=O)O)C2CCCC2)cc1Cl. The number of aliphatic carboxylic acids is 1. The van der Waals surface area contributed by atoms with Crippen LogP contribution in [0.2, 0.25) is 5.02 Å². The molecule has 0 amide bonds. The lowest BCUT2D eigenvalue weighted by atomic mass is 9.82. The average molecular weight is 331 g/mol. The lowest BCUT2D eigenvalue weighted by molar-refractivity contribution is -0.137. The first kappa shape index (κ1) is 16.3. The summed E-state index contributed by atoms with van der Waals surface area (Å²) in [6.45, 7) is 0. The van der Waals surface area contributed by atoms with Gasteiger partial charge in [-0.1, -0.05) is 30.5 Å². The molecule has 0 radical (unpaired) electrons. The van der Waals surface area contributed by atoms with Crippen LogP contribution in [0.25, 0.3) is 0 Å². The molecule has 4 nitrogen and oxygen atoms in total. The molecule has 1 aromatic rings. The molecule has 1 saturated carbocycles. The molecule has 1 atom stereocenters. The monoisotopic (exact) mass is 330 g/mol. The van der Waals surface area contributed by atoms with Crippen molar-refractivity contribution in [3.05, 3.63) is 28.8 Å². The number of rotatable bonds is 5. The van der Waals surface area contributed by atoms with Crippen LogP contribution in [0.3, 0.4) is 0 Å². The summed E-state index contributed by atoms with van der Waals surface area (Å²) >= 11 is 6.07. The van der Waals surface area contributed by atoms with Gasteiger partial charge in [-0.15, -0.1) is 0 Å². The van der Waals surface area contributed by atoms with E-state index in [1.165, 1.54) is 6.07 Å². The standard InChI is InChI=1S/C15H19ClO4S/c1-21(19,20)14-7-6-11(8-13(14)16)12(9-15(17)18)10-4-2-3-5-10/h6-8,10,12H,2-5,9H2,1H3,(H,17,18)/t12-/m1/s1. The second-order valence-electron chi connectivity index (χ2n) is 5.71. The van der Waals surface area contributed by atoms with Gasteiger partial charge in [0.25, 0.3) is 0 Å². The van der Waals surface area contributed by atoms with Gasteiger partial charge in [0.2, 0.25) is 0 Å². The molecule has 116 valence electrons. The zero-order chi connectivity index (χ0) is 15.6. The van der Waals surface area contributed by atoms with Crippen LogP contribution in [0.4, 0.5) is 0 Å². The van der Waals surface area contributed by atoms with Gasteiger partial charge in [0.15, 0.2) is 9.84 Å². The Hall–Kier alpha value is -1.07. The van der Waals surface area contributed by atoms with Crippen molar-refractivity contribution in [1.29, 1.82) is 0 Å². The van der Waals surface area contributed by atoms with Gasteiger partial charge in [0.1, 0.15) is 0 Å². The number of carbonyl (C=O) groups is 1. The Morgan fingerprint density at radius 2 is 2.00 bits per heavy atom. The minimum atomic E-state index is -3.37. The van der Waals surface area contributed by atoms with Crippen LogP contribution in [0, 0.1) is 5.92 Å². The van der Waals surface area contributed by atoms with Crippen molar-refractivity contribution >= 4 is 27.4 Å². The van der Waals surface area contributed by atoms with E-state index in [4.69, 9.17) is 16.7 Å². The predicted octanol–water partition coefficient (Wildman–Crippen LogP) is 3.49. The van der Waals surface area contributed by atoms with E-state index < -0.39 is 15.8 Å². The molecule has 0 unspecified atom stereocenters. The zero-order valence-electron chi connectivity index (χ0n) is 11.9. The van der Waals surface area contributed by atoms with Crippen molar-refractivity contribution in [2.24, 2.45) is 5.92 Å². The number of hydrogen-bond acceptors (Lipinski definition) is 3. The minimum Gasteiger partial charge on any atom is -0.481 e. The summed E-state index contributed by atoms with van der Waals surface area (Å²) in [5.74, 6) is -0.604. The van der Waals surface area contributed by atoms with Crippen LogP contribution in [-0.4, -0.2) is 25.7 Å². The van der Waals surface area contributed by atoms with Crippen molar-refractivity contribution in [3.8, 4) is 0 Å². The number of carboxylic acid groups (broad SMARTS) is 1. The van der Waals surface area contributed by atoms with Gasteiger partial charge >= 0.3 is 5.97 Å². The topological polar surface area (TPSA) is 71.4 Å². The Balaban J connectivity index is 2.36. The molecule has 6 heteroatoms. The molecule has 0 saturated heterocycles. The van der Waals surface area contributed by atoms with Crippen LogP contribution in [0.15, 0.2) is 23.1 Å². The fraction of sp³-hybridized carbons (Fsp3) is 0.533. The Morgan fingerprint density at radius 3 is 2.48 bits per heavy atom. The van der Waals surface area contributed by atoms with Crippen LogP contribution in [0.5, 0.6) is 0 Å². The van der Waals surface area contributed by atoms with Gasteiger partial charge in [0.05, 0.1) is 16.3 Å². The molecule has 0 aromatic heterocycles. The first-order valence-electron chi connectivity index (χ1n) is 7.00. The van der Waals surface area contributed by atoms with Crippen molar-refractivity contribution in [1.82, 2.24) is 0 Å². The quantitative estimate of drug-likeness (QED) is 0.897. The molecule has 1 aromatic carbocycles. The molecular formula is C15H19ClO4S. The summed E-state index contributed by atoms with van der Waals surface area (Å²) in [5.41, 5.74) is 0.821. The summed E-state index contributed by atoms with van der Waals surface area (Å²) in [6, 6.07) is 4.80. The van der Waals surface area contributed by atoms with Crippen molar-refractivity contribution in [2.45, 2.75) is 42.9 Å². The molecule has 0 bridgehead atoms. The number of halogens is 1. The van der Waals surface area contributed by atoms with Gasteiger partial charge in [-0.3, -0.25) is 4.79 Å². The third-order valence-electron chi connectivity index (χ3n) is 4.15. The second-order valence-corrected chi connectivity index (χ2v) is 8.10. The zero-order valence-corrected chi connectivity index (χ0v) is 13.5. The fourth-order valence-corrected chi connectivity index (χ4v) is 4.49. The lowest BCUT2D eigenvalue weighted by Gasteiger charge is -2.23. The Labute approximate surface area is 130 Å². The summed E-state index contributed by atoms with van der Waals surface area (Å²) in [5, 5.41) is 9.30. The minimum absolute atomic E-state index is 0.0548. The Bertz CT molecular complexity index is 633. The van der Waals surface area contributed by atoms with Crippen LogP contribution < -0.4 is 0 Å². The highest BCUT2D eigenvalue weighted by Crippen LogP contribution is 2.40. The molecule has 0 aliphatic heterocycles. The largest absolute Gasteiger partial charge is 0.481 e. The van der Waals surface area contributed by atoms with Crippen molar-refractivity contribution in [3.63, 3.8) is 0 Å². The molecule has 1 aliphatic rings. The summed E-state index contributed by atoms with van der Waals surface area (Å²) in [7, 11) is -3.37. The number of hydrogen-bond donors (Lipinski definition) is 1. The van der Waals surface area contributed by atoms with Crippen LogP contribution in [0.1, 0.15) is 43.6 Å². The van der Waals surface area contributed by atoms with E-state index in [0.717, 1.165) is 37.5 Å². The molecule has 21 heavy (non-hydrogen) atoms. The first-order chi connectivity index (χ1) is 9.79. The predicted molar refractivity (Wildman–Crippen MR) is 81.5 cm³/mol. The maximum absolute atomic E-state index is 11.6. The summed E-state index contributed by atoms with van der Waals surface area (Å²) in [6.07, 6.45) is 5.44. The highest BCUT2D eigenvalue weighted by Gasteiger charge is 2.29. The number of benzene rings is 1. The van der Waals surface area contributed by atoms with E-state index in [1.807, 2.05) is 0 Å². The molecule has 0 heterocycles. The van der Waals surface area contributed by atoms with Crippen LogP contribution >= 0.6 is 11.6 Å². The molecular weight excluding hydrogens is 312 g/mol. The smallest absolute Gasteiger partial charge is 0.303 e. The van der Waals surface area contributed by atoms with Crippen molar-refractivity contribution < 1.29 is 18.3 Å². The molecule has 1 N–H and O–H groups in total. The molecule has 0 spiro atoms. The number of carboxylic acids is 1. The van der Waals surface area contributed by atoms with Crippen LogP contribution in [-0.2, 0) is 14.6 Å². The first-order valence-corrected chi connectivity index (χ1v) is 9.27. The maximum Gasteiger partial charge on any atom is 0.303 e. The van der Waals surface area contributed by atoms with E-state index in [-0.39, 0.29) is 22.3 Å². The van der Waals surface area contributed by atoms with Gasteiger partial charge in [-0.25, -0.2) is 8.42 Å². The molecule has 1 aliphatic carbocycles. The lowest BCUT2D eigenvalue weighted by Crippen LogP contribution is -2.15. The third-order valence-corrected chi connectivity index (χ3v) is 5.73. The van der Waals surface area contributed by atoms with Gasteiger partial charge < -0.3 is 5.11 Å². The van der Waals surface area contributed by atoms with E-state index in [9.17, 15) is 13.2 Å². The Morgan fingerprint density at radius 1 is 1.38 bits per heavy atom. The Kier molecular flexibility index (Phi) is 4.94. The van der Waals surface area contributed by atoms with E-state index >= 15 is 0 Å². The highest BCUT2D eigenvalue weighted by atomic mass is 35.5. The average Bonchev–Trinajstić information content (AvgIpc) is 2.87. The highest BCUT2D eigenvalue weighted by molar-refractivity contribution is 7.90. The van der Waals surface area contributed by atoms with E-state index in [2.05, 4.69) is 0 Å². The normalized spacial score (nSPS) is 17.8. The van der Waals surface area contributed by atoms with Gasteiger partial charge in [-0.2, -0.15) is 0 Å². The summed E-state index contributed by atoms with van der Waals surface area (Å²) < 4.78 is 23.2. The van der Waals surface area contributed by atoms with E-state index in [0.29, 0.717) is 5.92 Å². The van der Waals surface area contributed by atoms with Crippen molar-refractivity contribution in [2.75, 3.05) is 6.26 Å². The van der Waals surface area contributed by atoms with Gasteiger partial charge in [0, 0.05) is 6.26 Å². The van der Waals surface area contributed by atoms with E-state index in [1.54, 1.807) is 12.1 Å².